The van der Waals surface area contributed by atoms with Crippen LogP contribution in [0.5, 0.6) is 0 Å². The number of hydrogen-bond donors (Lipinski definition) is 3. The van der Waals surface area contributed by atoms with Gasteiger partial charge in [0, 0.05) is 18.0 Å². The van der Waals surface area contributed by atoms with Crippen LogP contribution in [0, 0.1) is 25.7 Å². The third-order valence-corrected chi connectivity index (χ3v) is 8.88. The zero-order valence-electron chi connectivity index (χ0n) is 17.8. The van der Waals surface area contributed by atoms with E-state index in [1.54, 1.807) is 25.7 Å². The van der Waals surface area contributed by atoms with Gasteiger partial charge in [-0.25, -0.2) is 0 Å². The van der Waals surface area contributed by atoms with Gasteiger partial charge < -0.3 is 20.6 Å². The van der Waals surface area contributed by atoms with Crippen LogP contribution in [-0.4, -0.2) is 63.5 Å². The van der Waals surface area contributed by atoms with Gasteiger partial charge in [-0.15, -0.1) is 11.8 Å². The third kappa shape index (κ3) is 2.95. The summed E-state index contributed by atoms with van der Waals surface area (Å²) in [7, 11) is 1.59. The largest absolute Gasteiger partial charge is 0.394 e. The minimum atomic E-state index is -0.721. The molecule has 4 rings (SSSR count). The highest BCUT2D eigenvalue weighted by atomic mass is 32.2. The number of fused-ring (bicyclic) bond motifs is 1. The number of benzene rings is 1. The number of carbonyl (C=O) groups excluding carboxylic acids is 3. The highest BCUT2D eigenvalue weighted by Gasteiger charge is 2.73. The summed E-state index contributed by atoms with van der Waals surface area (Å²) in [5.41, 5.74) is 2.70. The van der Waals surface area contributed by atoms with Crippen LogP contribution in [-0.2, 0) is 14.4 Å². The summed E-state index contributed by atoms with van der Waals surface area (Å²) >= 11 is 1.63. The molecule has 162 valence electrons. The van der Waals surface area contributed by atoms with Crippen LogP contribution in [0.15, 0.2) is 18.2 Å². The maximum absolute atomic E-state index is 13.6. The predicted octanol–water partition coefficient (Wildman–Crippen LogP) is 1.46. The van der Waals surface area contributed by atoms with E-state index in [4.69, 9.17) is 0 Å². The van der Waals surface area contributed by atoms with E-state index in [9.17, 15) is 19.5 Å². The smallest absolute Gasteiger partial charge is 0.248 e. The van der Waals surface area contributed by atoms with Crippen molar-refractivity contribution in [2.75, 3.05) is 19.0 Å². The molecule has 0 aromatic heterocycles. The van der Waals surface area contributed by atoms with Gasteiger partial charge in [-0.05, 0) is 50.8 Å². The SMILES string of the molecule is CNC(=O)[C@@H]1[C@H]2C(=O)N([C@H](C)CO)C(C(=O)Nc3cc(C)ccc3C)C23CC[C@H]1S3. The highest BCUT2D eigenvalue weighted by molar-refractivity contribution is 8.02. The Hall–Kier alpha value is -2.06. The van der Waals surface area contributed by atoms with Crippen LogP contribution in [0.1, 0.15) is 30.9 Å². The number of hydrogen-bond acceptors (Lipinski definition) is 5. The van der Waals surface area contributed by atoms with Crippen molar-refractivity contribution >= 4 is 35.2 Å². The van der Waals surface area contributed by atoms with Crippen LogP contribution >= 0.6 is 11.8 Å². The molecular formula is C22H29N3O4S. The van der Waals surface area contributed by atoms with E-state index >= 15 is 0 Å². The second-order valence-corrected chi connectivity index (χ2v) is 10.4. The van der Waals surface area contributed by atoms with Crippen LogP contribution in [0.2, 0.25) is 0 Å². The van der Waals surface area contributed by atoms with E-state index in [1.807, 2.05) is 32.0 Å². The number of nitrogens with one attached hydrogen (secondary N) is 2. The first-order valence-corrected chi connectivity index (χ1v) is 11.3. The van der Waals surface area contributed by atoms with Crippen molar-refractivity contribution in [3.05, 3.63) is 29.3 Å². The van der Waals surface area contributed by atoms with E-state index < -0.39 is 28.7 Å². The second kappa shape index (κ2) is 7.57. The first-order chi connectivity index (χ1) is 14.2. The van der Waals surface area contributed by atoms with Crippen molar-refractivity contribution in [3.8, 4) is 0 Å². The minimum Gasteiger partial charge on any atom is -0.394 e. The Morgan fingerprint density at radius 1 is 1.33 bits per heavy atom. The Kier molecular flexibility index (Phi) is 5.34. The Bertz CT molecular complexity index is 906. The standard InChI is InChI=1S/C22H29N3O4S/c1-11-5-6-12(2)14(9-11)24-20(28)18-22-8-7-15(30-22)16(19(27)23-4)17(22)21(29)25(18)13(3)10-26/h5-6,9,13,15-18,26H,7-8,10H2,1-4H3,(H,23,27)(H,24,28)/t13-,15-,16+,17+,18?,22?/m1/s1. The van der Waals surface area contributed by atoms with Gasteiger partial charge >= 0.3 is 0 Å². The number of carbonyl (C=O) groups is 3. The first-order valence-electron chi connectivity index (χ1n) is 10.5. The molecule has 3 aliphatic heterocycles. The summed E-state index contributed by atoms with van der Waals surface area (Å²) in [4.78, 5) is 41.3. The molecule has 6 atom stereocenters. The van der Waals surface area contributed by atoms with Gasteiger partial charge in [-0.2, -0.15) is 0 Å². The molecule has 3 saturated heterocycles. The van der Waals surface area contributed by atoms with Crippen LogP contribution in [0.4, 0.5) is 5.69 Å². The fourth-order valence-corrected chi connectivity index (χ4v) is 7.70. The average molecular weight is 432 g/mol. The second-order valence-electron chi connectivity index (χ2n) is 8.75. The lowest BCUT2D eigenvalue weighted by Gasteiger charge is -2.36. The molecule has 1 aromatic rings. The fourth-order valence-electron chi connectivity index (χ4n) is 5.49. The number of likely N-dealkylation sites (tertiary alicyclic amines) is 1. The van der Waals surface area contributed by atoms with Crippen molar-refractivity contribution in [1.82, 2.24) is 10.2 Å². The zero-order valence-corrected chi connectivity index (χ0v) is 18.6. The summed E-state index contributed by atoms with van der Waals surface area (Å²) in [6, 6.07) is 4.64. The molecule has 2 bridgehead atoms. The molecule has 8 heteroatoms. The molecule has 0 radical (unpaired) electrons. The lowest BCUT2D eigenvalue weighted by molar-refractivity contribution is -0.141. The molecule has 1 spiro atoms. The lowest BCUT2D eigenvalue weighted by Crippen LogP contribution is -2.54. The van der Waals surface area contributed by atoms with E-state index in [0.717, 1.165) is 23.2 Å². The van der Waals surface area contributed by atoms with Gasteiger partial charge in [-0.3, -0.25) is 14.4 Å². The van der Waals surface area contributed by atoms with Crippen LogP contribution < -0.4 is 10.6 Å². The number of thioether (sulfide) groups is 1. The molecular weight excluding hydrogens is 402 g/mol. The molecule has 3 amide bonds. The number of rotatable bonds is 5. The Labute approximate surface area is 181 Å². The van der Waals surface area contributed by atoms with Gasteiger partial charge in [0.15, 0.2) is 0 Å². The zero-order chi connectivity index (χ0) is 21.8. The summed E-state index contributed by atoms with van der Waals surface area (Å²) in [5.74, 6) is -1.55. The van der Waals surface area contributed by atoms with Crippen molar-refractivity contribution in [3.63, 3.8) is 0 Å². The topological polar surface area (TPSA) is 98.7 Å². The van der Waals surface area contributed by atoms with Gasteiger partial charge in [0.05, 0.1) is 29.2 Å². The number of amides is 3. The average Bonchev–Trinajstić information content (AvgIpc) is 3.36. The number of aryl methyl sites for hydroxylation is 2. The number of aliphatic hydroxyl groups excluding tert-OH is 1. The number of anilines is 1. The molecule has 3 heterocycles. The molecule has 30 heavy (non-hydrogen) atoms. The van der Waals surface area contributed by atoms with Crippen molar-refractivity contribution in [2.24, 2.45) is 11.8 Å². The van der Waals surface area contributed by atoms with Crippen molar-refractivity contribution < 1.29 is 19.5 Å². The van der Waals surface area contributed by atoms with E-state index in [1.165, 1.54) is 4.90 Å². The van der Waals surface area contributed by atoms with Gasteiger partial charge in [0.1, 0.15) is 6.04 Å². The van der Waals surface area contributed by atoms with Crippen LogP contribution in [0.25, 0.3) is 0 Å². The Balaban J connectivity index is 1.74. The highest BCUT2D eigenvalue weighted by Crippen LogP contribution is 2.66. The van der Waals surface area contributed by atoms with Crippen molar-refractivity contribution in [2.45, 2.75) is 55.7 Å². The maximum atomic E-state index is 13.6. The summed E-state index contributed by atoms with van der Waals surface area (Å²) in [6.07, 6.45) is 1.52. The van der Waals surface area contributed by atoms with E-state index in [-0.39, 0.29) is 29.6 Å². The molecule has 3 fully saturated rings. The number of aliphatic hydroxyl groups is 1. The molecule has 3 N–H and O–H groups in total. The Morgan fingerprint density at radius 3 is 2.73 bits per heavy atom. The monoisotopic (exact) mass is 431 g/mol. The molecule has 2 unspecified atom stereocenters. The minimum absolute atomic E-state index is 0.0430. The van der Waals surface area contributed by atoms with Gasteiger partial charge in [0.25, 0.3) is 0 Å². The molecule has 0 saturated carbocycles. The summed E-state index contributed by atoms with van der Waals surface area (Å²) < 4.78 is -0.635. The normalized spacial score (nSPS) is 32.8. The molecule has 1 aromatic carbocycles. The Morgan fingerprint density at radius 2 is 2.07 bits per heavy atom. The summed E-state index contributed by atoms with van der Waals surface area (Å²) in [5, 5.41) is 15.6. The number of nitrogens with zero attached hydrogens (tertiary/aromatic N) is 1. The molecule has 7 nitrogen and oxygen atoms in total. The van der Waals surface area contributed by atoms with Crippen LogP contribution in [0.3, 0.4) is 0 Å². The molecule has 0 aliphatic carbocycles. The predicted molar refractivity (Wildman–Crippen MR) is 116 cm³/mol. The van der Waals surface area contributed by atoms with Crippen molar-refractivity contribution in [1.29, 1.82) is 0 Å². The first kappa shape index (κ1) is 21.2. The lowest BCUT2D eigenvalue weighted by atomic mass is 9.70. The van der Waals surface area contributed by atoms with E-state index in [0.29, 0.717) is 6.42 Å². The third-order valence-electron chi connectivity index (χ3n) is 6.93. The summed E-state index contributed by atoms with van der Waals surface area (Å²) in [6.45, 7) is 5.41. The quantitative estimate of drug-likeness (QED) is 0.656. The van der Waals surface area contributed by atoms with E-state index in [2.05, 4.69) is 10.6 Å². The maximum Gasteiger partial charge on any atom is 0.248 e. The molecule has 3 aliphatic rings. The van der Waals surface area contributed by atoms with Gasteiger partial charge in [-0.1, -0.05) is 12.1 Å². The van der Waals surface area contributed by atoms with Gasteiger partial charge in [0.2, 0.25) is 17.7 Å². The fraction of sp³-hybridized carbons (Fsp3) is 0.591.